The Bertz CT molecular complexity index is 396. The van der Waals surface area contributed by atoms with Crippen molar-refractivity contribution < 1.29 is 9.53 Å². The van der Waals surface area contributed by atoms with Gasteiger partial charge >= 0.3 is 5.97 Å². The zero-order valence-corrected chi connectivity index (χ0v) is 10.5. The van der Waals surface area contributed by atoms with Crippen LogP contribution < -0.4 is 5.32 Å². The van der Waals surface area contributed by atoms with E-state index in [0.29, 0.717) is 31.0 Å². The summed E-state index contributed by atoms with van der Waals surface area (Å²) in [5.41, 5.74) is 0.435. The van der Waals surface area contributed by atoms with Crippen LogP contribution in [-0.4, -0.2) is 26.2 Å². The predicted octanol–water partition coefficient (Wildman–Crippen LogP) is 2.15. The molecule has 1 heterocycles. The molecule has 17 heavy (non-hydrogen) atoms. The third kappa shape index (κ3) is 2.31. The van der Waals surface area contributed by atoms with Gasteiger partial charge in [-0.3, -0.25) is 4.79 Å². The molecule has 1 fully saturated rings. The van der Waals surface area contributed by atoms with Crippen LogP contribution in [0.15, 0.2) is 24.3 Å². The number of benzene rings is 1. The van der Waals surface area contributed by atoms with Crippen molar-refractivity contribution in [3.63, 3.8) is 0 Å². The Morgan fingerprint density at radius 3 is 2.41 bits per heavy atom. The van der Waals surface area contributed by atoms with Gasteiger partial charge in [-0.1, -0.05) is 23.7 Å². The van der Waals surface area contributed by atoms with Crippen molar-refractivity contribution >= 4 is 17.6 Å². The fraction of sp³-hybridized carbons (Fsp3) is 0.462. The zero-order valence-electron chi connectivity index (χ0n) is 9.78. The molecule has 0 bridgehead atoms. The SMILES string of the molecule is COC(=O)C1(c2ccc(Cl)cc2)CC[N]CC1. The van der Waals surface area contributed by atoms with E-state index >= 15 is 0 Å². The first-order chi connectivity index (χ1) is 8.19. The van der Waals surface area contributed by atoms with Gasteiger partial charge in [0.15, 0.2) is 0 Å². The van der Waals surface area contributed by atoms with Gasteiger partial charge < -0.3 is 4.74 Å². The average molecular weight is 253 g/mol. The van der Waals surface area contributed by atoms with Crippen molar-refractivity contribution in [2.75, 3.05) is 20.2 Å². The number of methoxy groups -OCH3 is 1. The molecule has 0 spiro atoms. The predicted molar refractivity (Wildman–Crippen MR) is 66.2 cm³/mol. The van der Waals surface area contributed by atoms with Crippen LogP contribution in [0.1, 0.15) is 18.4 Å². The lowest BCUT2D eigenvalue weighted by molar-refractivity contribution is -0.148. The van der Waals surface area contributed by atoms with Gasteiger partial charge in [0.05, 0.1) is 12.5 Å². The number of rotatable bonds is 2. The van der Waals surface area contributed by atoms with E-state index in [0.717, 1.165) is 5.56 Å². The highest BCUT2D eigenvalue weighted by Crippen LogP contribution is 2.35. The van der Waals surface area contributed by atoms with Crippen molar-refractivity contribution in [1.29, 1.82) is 0 Å². The van der Waals surface area contributed by atoms with Crippen LogP contribution in [0, 0.1) is 0 Å². The molecule has 0 N–H and O–H groups in total. The number of carbonyl (C=O) groups is 1. The molecule has 1 radical (unpaired) electrons. The average Bonchev–Trinajstić information content (AvgIpc) is 2.39. The van der Waals surface area contributed by atoms with E-state index in [2.05, 4.69) is 5.32 Å². The molecule has 1 aliphatic rings. The van der Waals surface area contributed by atoms with Crippen LogP contribution in [0.3, 0.4) is 0 Å². The summed E-state index contributed by atoms with van der Waals surface area (Å²) in [5.74, 6) is -0.172. The third-order valence-electron chi connectivity index (χ3n) is 3.37. The smallest absolute Gasteiger partial charge is 0.316 e. The maximum Gasteiger partial charge on any atom is 0.316 e. The lowest BCUT2D eigenvalue weighted by Crippen LogP contribution is -2.44. The number of piperidine rings is 1. The van der Waals surface area contributed by atoms with E-state index in [-0.39, 0.29) is 5.97 Å². The standard InChI is InChI=1S/C13H15ClNO2/c1-17-12(16)13(6-8-15-9-7-13)10-2-4-11(14)5-3-10/h2-5H,6-9H2,1H3. The third-order valence-corrected chi connectivity index (χ3v) is 3.62. The minimum atomic E-state index is -0.541. The molecule has 0 amide bonds. The Labute approximate surface area is 106 Å². The molecule has 0 aliphatic carbocycles. The van der Waals surface area contributed by atoms with Gasteiger partial charge in [-0.05, 0) is 30.5 Å². The minimum Gasteiger partial charge on any atom is -0.468 e. The second-order valence-electron chi connectivity index (χ2n) is 4.25. The van der Waals surface area contributed by atoms with Crippen molar-refractivity contribution in [1.82, 2.24) is 5.32 Å². The van der Waals surface area contributed by atoms with Crippen LogP contribution in [0.5, 0.6) is 0 Å². The first kappa shape index (κ1) is 12.4. The molecule has 2 rings (SSSR count). The molecule has 3 nitrogen and oxygen atoms in total. The van der Waals surface area contributed by atoms with Gasteiger partial charge in [0.25, 0.3) is 0 Å². The van der Waals surface area contributed by atoms with Crippen molar-refractivity contribution in [3.8, 4) is 0 Å². The summed E-state index contributed by atoms with van der Waals surface area (Å²) >= 11 is 5.87. The molecule has 1 aromatic rings. The highest BCUT2D eigenvalue weighted by atomic mass is 35.5. The van der Waals surface area contributed by atoms with Crippen LogP contribution >= 0.6 is 11.6 Å². The number of hydrogen-bond acceptors (Lipinski definition) is 2. The molecule has 0 unspecified atom stereocenters. The van der Waals surface area contributed by atoms with E-state index in [1.54, 1.807) is 0 Å². The minimum absolute atomic E-state index is 0.172. The van der Waals surface area contributed by atoms with E-state index in [1.165, 1.54) is 7.11 Å². The Balaban J connectivity index is 2.38. The van der Waals surface area contributed by atoms with Gasteiger partial charge in [-0.15, -0.1) is 0 Å². The topological polar surface area (TPSA) is 40.4 Å². The van der Waals surface area contributed by atoms with Gasteiger partial charge in [0.2, 0.25) is 0 Å². The second-order valence-corrected chi connectivity index (χ2v) is 4.69. The summed E-state index contributed by atoms with van der Waals surface area (Å²) in [6.07, 6.45) is 1.42. The molecule has 4 heteroatoms. The van der Waals surface area contributed by atoms with Gasteiger partial charge in [0.1, 0.15) is 0 Å². The molecule has 0 aromatic heterocycles. The van der Waals surface area contributed by atoms with Crippen molar-refractivity contribution in [3.05, 3.63) is 34.9 Å². The highest BCUT2D eigenvalue weighted by Gasteiger charge is 2.42. The first-order valence-electron chi connectivity index (χ1n) is 5.67. The summed E-state index contributed by atoms with van der Waals surface area (Å²) in [6, 6.07) is 7.44. The summed E-state index contributed by atoms with van der Waals surface area (Å²) in [6.45, 7) is 1.41. The maximum atomic E-state index is 12.1. The van der Waals surface area contributed by atoms with Crippen molar-refractivity contribution in [2.24, 2.45) is 0 Å². The summed E-state index contributed by atoms with van der Waals surface area (Å²) in [4.78, 5) is 12.1. The number of nitrogens with zero attached hydrogens (tertiary/aromatic N) is 1. The first-order valence-corrected chi connectivity index (χ1v) is 6.04. The maximum absolute atomic E-state index is 12.1. The lowest BCUT2D eigenvalue weighted by atomic mass is 9.73. The quantitative estimate of drug-likeness (QED) is 0.757. The van der Waals surface area contributed by atoms with E-state index in [9.17, 15) is 4.79 Å². The molecular formula is C13H15ClNO2. The van der Waals surface area contributed by atoms with Crippen LogP contribution in [0.2, 0.25) is 5.02 Å². The monoisotopic (exact) mass is 252 g/mol. The van der Waals surface area contributed by atoms with E-state index in [4.69, 9.17) is 16.3 Å². The normalized spacial score (nSPS) is 18.7. The molecular weight excluding hydrogens is 238 g/mol. The van der Waals surface area contributed by atoms with E-state index in [1.807, 2.05) is 24.3 Å². The van der Waals surface area contributed by atoms with Crippen LogP contribution in [0.25, 0.3) is 0 Å². The number of hydrogen-bond donors (Lipinski definition) is 0. The zero-order chi connectivity index (χ0) is 12.3. The van der Waals surface area contributed by atoms with Crippen molar-refractivity contribution in [2.45, 2.75) is 18.3 Å². The lowest BCUT2D eigenvalue weighted by Gasteiger charge is -2.34. The molecule has 1 aliphatic heterocycles. The van der Waals surface area contributed by atoms with Crippen LogP contribution in [-0.2, 0) is 14.9 Å². The highest BCUT2D eigenvalue weighted by molar-refractivity contribution is 6.30. The number of carbonyl (C=O) groups excluding carboxylic acids is 1. The number of esters is 1. The summed E-state index contributed by atoms with van der Waals surface area (Å²) in [7, 11) is 1.44. The van der Waals surface area contributed by atoms with E-state index < -0.39 is 5.41 Å². The summed E-state index contributed by atoms with van der Waals surface area (Å²) in [5, 5.41) is 4.97. The number of ether oxygens (including phenoxy) is 1. The molecule has 1 saturated heterocycles. The van der Waals surface area contributed by atoms with Gasteiger partial charge in [-0.2, -0.15) is 0 Å². The largest absolute Gasteiger partial charge is 0.468 e. The molecule has 0 atom stereocenters. The second kappa shape index (κ2) is 5.07. The molecule has 1 aromatic carbocycles. The summed E-state index contributed by atoms with van der Waals surface area (Å²) < 4.78 is 4.96. The molecule has 91 valence electrons. The van der Waals surface area contributed by atoms with Crippen LogP contribution in [0.4, 0.5) is 0 Å². The van der Waals surface area contributed by atoms with Gasteiger partial charge in [0, 0.05) is 18.1 Å². The number of halogens is 1. The Morgan fingerprint density at radius 2 is 1.88 bits per heavy atom. The Morgan fingerprint density at radius 1 is 1.29 bits per heavy atom. The Kier molecular flexibility index (Phi) is 3.69. The fourth-order valence-electron chi connectivity index (χ4n) is 2.35. The Hall–Kier alpha value is -1.06. The fourth-order valence-corrected chi connectivity index (χ4v) is 2.48. The van der Waals surface area contributed by atoms with Gasteiger partial charge in [-0.25, -0.2) is 5.32 Å². The molecule has 0 saturated carbocycles.